The minimum Gasteiger partial charge on any atom is -0.396 e. The van der Waals surface area contributed by atoms with Gasteiger partial charge in [-0.1, -0.05) is 19.3 Å². The van der Waals surface area contributed by atoms with E-state index in [2.05, 4.69) is 10.6 Å². The van der Waals surface area contributed by atoms with Crippen molar-refractivity contribution in [3.8, 4) is 0 Å². The molecular formula is C21H33N3O5. The van der Waals surface area contributed by atoms with E-state index in [1.807, 2.05) is 6.92 Å². The minimum absolute atomic E-state index is 0.0597. The third-order valence-electron chi connectivity index (χ3n) is 7.56. The Morgan fingerprint density at radius 2 is 1.93 bits per heavy atom. The Hall–Kier alpha value is -1.67. The van der Waals surface area contributed by atoms with Crippen LogP contribution in [0, 0.1) is 11.8 Å². The van der Waals surface area contributed by atoms with Gasteiger partial charge in [-0.3, -0.25) is 14.4 Å². The third-order valence-corrected chi connectivity index (χ3v) is 7.56. The zero-order valence-electron chi connectivity index (χ0n) is 17.4. The Bertz CT molecular complexity index is 694. The van der Waals surface area contributed by atoms with E-state index >= 15 is 0 Å². The summed E-state index contributed by atoms with van der Waals surface area (Å²) in [7, 11) is 1.57. The van der Waals surface area contributed by atoms with Gasteiger partial charge in [-0.15, -0.1) is 0 Å². The highest BCUT2D eigenvalue weighted by Gasteiger charge is 2.77. The Labute approximate surface area is 171 Å². The van der Waals surface area contributed by atoms with Crippen LogP contribution in [0.3, 0.4) is 0 Å². The fourth-order valence-electron chi connectivity index (χ4n) is 6.29. The van der Waals surface area contributed by atoms with Gasteiger partial charge in [0.15, 0.2) is 0 Å². The highest BCUT2D eigenvalue weighted by atomic mass is 16.5. The first-order chi connectivity index (χ1) is 13.9. The summed E-state index contributed by atoms with van der Waals surface area (Å²) in [6.07, 6.45) is 6.94. The summed E-state index contributed by atoms with van der Waals surface area (Å²) >= 11 is 0. The fourth-order valence-corrected chi connectivity index (χ4v) is 6.29. The number of amides is 3. The van der Waals surface area contributed by atoms with Gasteiger partial charge in [0.25, 0.3) is 0 Å². The molecule has 29 heavy (non-hydrogen) atoms. The van der Waals surface area contributed by atoms with Crippen LogP contribution in [0.4, 0.5) is 0 Å². The largest absolute Gasteiger partial charge is 0.396 e. The van der Waals surface area contributed by atoms with E-state index in [1.54, 1.807) is 11.9 Å². The van der Waals surface area contributed by atoms with E-state index in [0.717, 1.165) is 25.7 Å². The van der Waals surface area contributed by atoms with E-state index in [4.69, 9.17) is 4.74 Å². The molecule has 4 aliphatic rings. The SMILES string of the molecule is CNC(=O)[C@@H]1[C@H]2C(=O)N(CCCO)C(C(=O)NC3CCCCC3)C23CC[C@@]1(C)O3. The van der Waals surface area contributed by atoms with Crippen LogP contribution < -0.4 is 10.6 Å². The lowest BCUT2D eigenvalue weighted by Crippen LogP contribution is -2.57. The van der Waals surface area contributed by atoms with Gasteiger partial charge < -0.3 is 25.4 Å². The summed E-state index contributed by atoms with van der Waals surface area (Å²) in [6, 6.07) is -0.615. The molecule has 0 aromatic rings. The summed E-state index contributed by atoms with van der Waals surface area (Å²) < 4.78 is 6.46. The second kappa shape index (κ2) is 7.54. The smallest absolute Gasteiger partial charge is 0.246 e. The predicted octanol–water partition coefficient (Wildman–Crippen LogP) is 0.328. The molecule has 3 saturated heterocycles. The lowest BCUT2D eigenvalue weighted by Gasteiger charge is -2.35. The number of hydrogen-bond donors (Lipinski definition) is 3. The number of carbonyl (C=O) groups excluding carboxylic acids is 3. The van der Waals surface area contributed by atoms with Gasteiger partial charge in [-0.2, -0.15) is 0 Å². The molecule has 1 spiro atoms. The standard InChI is InChI=1S/C21H33N3O5/c1-20-9-10-21(29-20)15(14(20)17(26)22-2)19(28)24(11-6-12-25)16(21)18(27)23-13-7-4-3-5-8-13/h13-16,25H,3-12H2,1-2H3,(H,22,26)(H,23,27)/t14-,15-,16?,20+,21?/m0/s1. The van der Waals surface area contributed by atoms with Crippen LogP contribution in [0.25, 0.3) is 0 Å². The van der Waals surface area contributed by atoms with Gasteiger partial charge in [0.2, 0.25) is 17.7 Å². The topological polar surface area (TPSA) is 108 Å². The molecule has 162 valence electrons. The number of likely N-dealkylation sites (tertiary alicyclic amines) is 1. The Balaban J connectivity index is 1.67. The second-order valence-electron chi connectivity index (χ2n) is 9.29. The molecule has 8 heteroatoms. The highest BCUT2D eigenvalue weighted by molar-refractivity contribution is 5.99. The number of nitrogens with one attached hydrogen (secondary N) is 2. The second-order valence-corrected chi connectivity index (χ2v) is 9.29. The molecule has 2 unspecified atom stereocenters. The molecule has 0 aromatic heterocycles. The molecule has 5 atom stereocenters. The van der Waals surface area contributed by atoms with E-state index in [-0.39, 0.29) is 36.9 Å². The molecule has 2 bridgehead atoms. The minimum atomic E-state index is -0.961. The van der Waals surface area contributed by atoms with Crippen LogP contribution in [-0.2, 0) is 19.1 Å². The Kier molecular flexibility index (Phi) is 5.36. The predicted molar refractivity (Wildman–Crippen MR) is 105 cm³/mol. The number of hydrogen-bond acceptors (Lipinski definition) is 5. The fraction of sp³-hybridized carbons (Fsp3) is 0.857. The van der Waals surface area contributed by atoms with E-state index in [0.29, 0.717) is 19.3 Å². The van der Waals surface area contributed by atoms with Gasteiger partial charge in [-0.25, -0.2) is 0 Å². The van der Waals surface area contributed by atoms with Crippen LogP contribution in [0.5, 0.6) is 0 Å². The van der Waals surface area contributed by atoms with Crippen molar-refractivity contribution in [2.45, 2.75) is 81.6 Å². The van der Waals surface area contributed by atoms with Crippen molar-refractivity contribution < 1.29 is 24.2 Å². The van der Waals surface area contributed by atoms with Crippen molar-refractivity contribution in [1.29, 1.82) is 0 Å². The maximum atomic E-state index is 13.5. The molecule has 1 saturated carbocycles. The number of aliphatic hydroxyl groups excluding tert-OH is 1. The molecule has 1 aliphatic carbocycles. The van der Waals surface area contributed by atoms with Crippen molar-refractivity contribution in [2.24, 2.45) is 11.8 Å². The molecule has 3 heterocycles. The van der Waals surface area contributed by atoms with E-state index < -0.39 is 29.1 Å². The highest BCUT2D eigenvalue weighted by Crippen LogP contribution is 2.63. The van der Waals surface area contributed by atoms with Gasteiger partial charge in [0, 0.05) is 26.2 Å². The summed E-state index contributed by atoms with van der Waals surface area (Å²) in [6.45, 7) is 2.12. The normalized spacial score (nSPS) is 38.9. The van der Waals surface area contributed by atoms with Crippen molar-refractivity contribution in [3.05, 3.63) is 0 Å². The first-order valence-corrected chi connectivity index (χ1v) is 11.0. The van der Waals surface area contributed by atoms with E-state index in [1.165, 1.54) is 6.42 Å². The van der Waals surface area contributed by atoms with Crippen molar-refractivity contribution in [1.82, 2.24) is 15.5 Å². The number of aliphatic hydroxyl groups is 1. The van der Waals surface area contributed by atoms with Gasteiger partial charge >= 0.3 is 0 Å². The monoisotopic (exact) mass is 407 g/mol. The van der Waals surface area contributed by atoms with Crippen LogP contribution in [-0.4, -0.2) is 71.2 Å². The average Bonchev–Trinajstić information content (AvgIpc) is 3.27. The number of rotatable bonds is 6. The maximum Gasteiger partial charge on any atom is 0.246 e. The zero-order valence-corrected chi connectivity index (χ0v) is 17.4. The molecule has 0 radical (unpaired) electrons. The van der Waals surface area contributed by atoms with E-state index in [9.17, 15) is 19.5 Å². The molecular weight excluding hydrogens is 374 g/mol. The lowest BCUT2D eigenvalue weighted by atomic mass is 9.66. The molecule has 8 nitrogen and oxygen atoms in total. The van der Waals surface area contributed by atoms with Crippen LogP contribution >= 0.6 is 0 Å². The number of carbonyl (C=O) groups is 3. The van der Waals surface area contributed by atoms with Gasteiger partial charge in [-0.05, 0) is 39.0 Å². The molecule has 0 aromatic carbocycles. The number of ether oxygens (including phenoxy) is 1. The van der Waals surface area contributed by atoms with Crippen LogP contribution in [0.15, 0.2) is 0 Å². The number of nitrogens with zero attached hydrogens (tertiary/aromatic N) is 1. The Morgan fingerprint density at radius 3 is 2.59 bits per heavy atom. The van der Waals surface area contributed by atoms with Crippen LogP contribution in [0.2, 0.25) is 0 Å². The van der Waals surface area contributed by atoms with Crippen molar-refractivity contribution in [2.75, 3.05) is 20.2 Å². The Morgan fingerprint density at radius 1 is 1.21 bits per heavy atom. The maximum absolute atomic E-state index is 13.5. The summed E-state index contributed by atoms with van der Waals surface area (Å²) in [5.41, 5.74) is -1.69. The molecule has 3 amide bonds. The van der Waals surface area contributed by atoms with Crippen LogP contribution in [0.1, 0.15) is 58.3 Å². The lowest BCUT2D eigenvalue weighted by molar-refractivity contribution is -0.146. The van der Waals surface area contributed by atoms with Crippen molar-refractivity contribution in [3.63, 3.8) is 0 Å². The van der Waals surface area contributed by atoms with Gasteiger partial charge in [0.1, 0.15) is 11.6 Å². The van der Waals surface area contributed by atoms with Gasteiger partial charge in [0.05, 0.1) is 17.4 Å². The summed E-state index contributed by atoms with van der Waals surface area (Å²) in [4.78, 5) is 41.2. The summed E-state index contributed by atoms with van der Waals surface area (Å²) in [5, 5.41) is 15.2. The molecule has 4 fully saturated rings. The molecule has 3 aliphatic heterocycles. The first-order valence-electron chi connectivity index (χ1n) is 11.0. The number of fused-ring (bicyclic) bond motifs is 1. The average molecular weight is 408 g/mol. The quantitative estimate of drug-likeness (QED) is 0.588. The first kappa shape index (κ1) is 20.6. The third kappa shape index (κ3) is 3.06. The molecule has 3 N–H and O–H groups in total. The molecule has 4 rings (SSSR count). The summed E-state index contributed by atoms with van der Waals surface area (Å²) in [5.74, 6) is -1.82. The van der Waals surface area contributed by atoms with Crippen molar-refractivity contribution >= 4 is 17.7 Å². The zero-order chi connectivity index (χ0) is 20.8.